The van der Waals surface area contributed by atoms with Gasteiger partial charge in [0, 0.05) is 13.0 Å². The van der Waals surface area contributed by atoms with Gasteiger partial charge in [-0.25, -0.2) is 0 Å². The summed E-state index contributed by atoms with van der Waals surface area (Å²) in [6.07, 6.45) is 4.24. The first-order valence-corrected chi connectivity index (χ1v) is 8.15. The maximum absolute atomic E-state index is 12.0. The summed E-state index contributed by atoms with van der Waals surface area (Å²) < 4.78 is 0. The molecular formula is C14H25NO3S. The van der Waals surface area contributed by atoms with Gasteiger partial charge in [-0.2, -0.15) is 0 Å². The second-order valence-electron chi connectivity index (χ2n) is 5.69. The van der Waals surface area contributed by atoms with Gasteiger partial charge in [0.2, 0.25) is 5.91 Å². The zero-order valence-corrected chi connectivity index (χ0v) is 12.7. The Hall–Kier alpha value is -0.710. The van der Waals surface area contributed by atoms with Crippen LogP contribution in [-0.2, 0) is 9.59 Å². The minimum absolute atomic E-state index is 0.0371. The molecule has 0 saturated carbocycles. The van der Waals surface area contributed by atoms with Crippen molar-refractivity contribution in [3.05, 3.63) is 0 Å². The highest BCUT2D eigenvalue weighted by atomic mass is 32.2. The summed E-state index contributed by atoms with van der Waals surface area (Å²) in [6, 6.07) is 0. The molecule has 0 spiro atoms. The molecule has 0 radical (unpaired) electrons. The number of aliphatic carboxylic acids is 1. The van der Waals surface area contributed by atoms with E-state index in [2.05, 4.69) is 19.2 Å². The fourth-order valence-corrected chi connectivity index (χ4v) is 3.68. The van der Waals surface area contributed by atoms with Crippen LogP contribution in [0.15, 0.2) is 0 Å². The molecule has 1 heterocycles. The Kier molecular flexibility index (Phi) is 7.28. The molecule has 1 unspecified atom stereocenters. The Morgan fingerprint density at radius 1 is 1.37 bits per heavy atom. The van der Waals surface area contributed by atoms with Crippen molar-refractivity contribution in [2.75, 3.05) is 12.3 Å². The van der Waals surface area contributed by atoms with E-state index in [9.17, 15) is 9.59 Å². The molecule has 0 aromatic heterocycles. The van der Waals surface area contributed by atoms with E-state index in [0.717, 1.165) is 25.0 Å². The van der Waals surface area contributed by atoms with E-state index >= 15 is 0 Å². The first-order chi connectivity index (χ1) is 8.99. The van der Waals surface area contributed by atoms with Crippen LogP contribution in [0.4, 0.5) is 0 Å². The number of carbonyl (C=O) groups excluding carboxylic acids is 1. The Balaban J connectivity index is 2.36. The zero-order chi connectivity index (χ0) is 14.3. The van der Waals surface area contributed by atoms with Gasteiger partial charge in [0.1, 0.15) is 0 Å². The number of nitrogens with one attached hydrogen (secondary N) is 1. The largest absolute Gasteiger partial charge is 0.481 e. The van der Waals surface area contributed by atoms with Crippen LogP contribution in [0.1, 0.15) is 46.0 Å². The molecule has 1 saturated heterocycles. The smallest absolute Gasteiger partial charge is 0.303 e. The topological polar surface area (TPSA) is 66.4 Å². The third-order valence-electron chi connectivity index (χ3n) is 3.31. The molecular weight excluding hydrogens is 262 g/mol. The number of rotatable bonds is 7. The minimum atomic E-state index is -0.785. The highest BCUT2D eigenvalue weighted by Gasteiger charge is 2.23. The predicted octanol–water partition coefficient (Wildman–Crippen LogP) is 2.53. The summed E-state index contributed by atoms with van der Waals surface area (Å²) in [5.74, 6) is 0.846. The number of carbonyl (C=O) groups is 2. The average molecular weight is 287 g/mol. The summed E-state index contributed by atoms with van der Waals surface area (Å²) in [7, 11) is 0. The third-order valence-corrected chi connectivity index (χ3v) is 4.68. The highest BCUT2D eigenvalue weighted by Crippen LogP contribution is 2.25. The molecule has 1 aliphatic heterocycles. The van der Waals surface area contributed by atoms with Gasteiger partial charge in [0.15, 0.2) is 0 Å². The van der Waals surface area contributed by atoms with Gasteiger partial charge < -0.3 is 10.4 Å². The number of hydrogen-bond donors (Lipinski definition) is 2. The normalized spacial score (nSPS) is 21.1. The predicted molar refractivity (Wildman–Crippen MR) is 78.3 cm³/mol. The molecule has 1 fully saturated rings. The summed E-state index contributed by atoms with van der Waals surface area (Å²) in [5.41, 5.74) is 0. The second-order valence-corrected chi connectivity index (χ2v) is 7.00. The van der Waals surface area contributed by atoms with Crippen molar-refractivity contribution in [3.63, 3.8) is 0 Å². The number of carboxylic acids is 1. The molecule has 0 bridgehead atoms. The Morgan fingerprint density at radius 3 is 2.63 bits per heavy atom. The molecule has 2 atom stereocenters. The van der Waals surface area contributed by atoms with Gasteiger partial charge in [-0.3, -0.25) is 9.59 Å². The number of thioether (sulfide) groups is 1. The quantitative estimate of drug-likeness (QED) is 0.755. The van der Waals surface area contributed by atoms with Gasteiger partial charge in [-0.05, 0) is 36.9 Å². The maximum Gasteiger partial charge on any atom is 0.303 e. The molecule has 1 aliphatic rings. The molecule has 2 N–H and O–H groups in total. The molecule has 0 aromatic carbocycles. The Labute approximate surface area is 119 Å². The van der Waals surface area contributed by atoms with Crippen LogP contribution in [0.25, 0.3) is 0 Å². The van der Waals surface area contributed by atoms with Crippen molar-refractivity contribution >= 4 is 23.6 Å². The molecule has 4 nitrogen and oxygen atoms in total. The van der Waals surface area contributed by atoms with Crippen LogP contribution < -0.4 is 5.32 Å². The van der Waals surface area contributed by atoms with E-state index in [-0.39, 0.29) is 23.5 Å². The van der Waals surface area contributed by atoms with E-state index in [0.29, 0.717) is 12.5 Å². The minimum Gasteiger partial charge on any atom is -0.481 e. The van der Waals surface area contributed by atoms with Crippen molar-refractivity contribution in [1.29, 1.82) is 0 Å². The third kappa shape index (κ3) is 6.85. The lowest BCUT2D eigenvalue weighted by Gasteiger charge is -2.23. The number of hydrogen-bond acceptors (Lipinski definition) is 3. The molecule has 19 heavy (non-hydrogen) atoms. The molecule has 0 aliphatic carbocycles. The lowest BCUT2D eigenvalue weighted by molar-refractivity contribution is -0.138. The lowest BCUT2D eigenvalue weighted by Crippen LogP contribution is -2.37. The van der Waals surface area contributed by atoms with Crippen molar-refractivity contribution in [1.82, 2.24) is 5.32 Å². The fourth-order valence-electron chi connectivity index (χ4n) is 2.46. The standard InChI is InChI=1S/C14H25NO3S/c1-10(2)7-11(8-13(16)17)9-15-14(18)12-5-3-4-6-19-12/h10-12H,3-9H2,1-2H3,(H,15,18)(H,16,17)/t11-,12?/m0/s1. The summed E-state index contributed by atoms with van der Waals surface area (Å²) in [6.45, 7) is 4.64. The number of carboxylic acid groups (broad SMARTS) is 1. The van der Waals surface area contributed by atoms with Gasteiger partial charge in [0.05, 0.1) is 5.25 Å². The van der Waals surface area contributed by atoms with Gasteiger partial charge in [-0.15, -0.1) is 11.8 Å². The number of amides is 1. The van der Waals surface area contributed by atoms with Crippen LogP contribution in [-0.4, -0.2) is 34.5 Å². The highest BCUT2D eigenvalue weighted by molar-refractivity contribution is 8.00. The van der Waals surface area contributed by atoms with Crippen molar-refractivity contribution in [2.24, 2.45) is 11.8 Å². The van der Waals surface area contributed by atoms with Crippen molar-refractivity contribution in [3.8, 4) is 0 Å². The van der Waals surface area contributed by atoms with Crippen LogP contribution in [0, 0.1) is 11.8 Å². The van der Waals surface area contributed by atoms with Crippen LogP contribution >= 0.6 is 11.8 Å². The van der Waals surface area contributed by atoms with E-state index < -0.39 is 5.97 Å². The SMILES string of the molecule is CC(C)C[C@H](CNC(=O)C1CCCCS1)CC(=O)O. The molecule has 5 heteroatoms. The van der Waals surface area contributed by atoms with E-state index in [1.807, 2.05) is 0 Å². The first-order valence-electron chi connectivity index (χ1n) is 7.10. The molecule has 1 rings (SSSR count). The summed E-state index contributed by atoms with van der Waals surface area (Å²) in [4.78, 5) is 22.8. The van der Waals surface area contributed by atoms with Crippen LogP contribution in [0.5, 0.6) is 0 Å². The second kappa shape index (κ2) is 8.46. The molecule has 1 amide bonds. The lowest BCUT2D eigenvalue weighted by atomic mass is 9.94. The Morgan fingerprint density at radius 2 is 2.11 bits per heavy atom. The Bertz CT molecular complexity index is 301. The van der Waals surface area contributed by atoms with Gasteiger partial charge in [-0.1, -0.05) is 20.3 Å². The van der Waals surface area contributed by atoms with Gasteiger partial charge in [0.25, 0.3) is 0 Å². The maximum atomic E-state index is 12.0. The van der Waals surface area contributed by atoms with E-state index in [4.69, 9.17) is 5.11 Å². The monoisotopic (exact) mass is 287 g/mol. The molecule has 0 aromatic rings. The zero-order valence-electron chi connectivity index (χ0n) is 11.9. The van der Waals surface area contributed by atoms with Crippen LogP contribution in [0.3, 0.4) is 0 Å². The fraction of sp³-hybridized carbons (Fsp3) is 0.857. The summed E-state index contributed by atoms with van der Waals surface area (Å²) in [5, 5.41) is 11.9. The van der Waals surface area contributed by atoms with E-state index in [1.54, 1.807) is 11.8 Å². The summed E-state index contributed by atoms with van der Waals surface area (Å²) >= 11 is 1.72. The van der Waals surface area contributed by atoms with Crippen molar-refractivity contribution < 1.29 is 14.7 Å². The van der Waals surface area contributed by atoms with Gasteiger partial charge >= 0.3 is 5.97 Å². The molecule has 110 valence electrons. The first kappa shape index (κ1) is 16.3. The average Bonchev–Trinajstić information content (AvgIpc) is 2.35. The van der Waals surface area contributed by atoms with Crippen LogP contribution in [0.2, 0.25) is 0 Å². The van der Waals surface area contributed by atoms with E-state index in [1.165, 1.54) is 6.42 Å². The van der Waals surface area contributed by atoms with Crippen molar-refractivity contribution in [2.45, 2.75) is 51.2 Å².